The summed E-state index contributed by atoms with van der Waals surface area (Å²) >= 11 is 0. The molecule has 0 spiro atoms. The van der Waals surface area contributed by atoms with Crippen LogP contribution in [0.25, 0.3) is 17.3 Å². The molecule has 2 heterocycles. The van der Waals surface area contributed by atoms with Crippen LogP contribution < -0.4 is 5.32 Å². The smallest absolute Gasteiger partial charge is 0.248 e. The molecule has 1 N–H and O–H groups in total. The monoisotopic (exact) mass is 424 g/mol. The fourth-order valence-corrected chi connectivity index (χ4v) is 3.40. The van der Waals surface area contributed by atoms with Gasteiger partial charge in [-0.2, -0.15) is 5.10 Å². The zero-order valence-corrected chi connectivity index (χ0v) is 17.8. The van der Waals surface area contributed by atoms with Crippen LogP contribution in [0, 0.1) is 0 Å². The summed E-state index contributed by atoms with van der Waals surface area (Å²) in [5.41, 5.74) is 5.31. The average molecular weight is 425 g/mol. The highest BCUT2D eigenvalue weighted by molar-refractivity contribution is 6.02. The van der Waals surface area contributed by atoms with Gasteiger partial charge in [0.25, 0.3) is 0 Å². The number of hydrogen-bond acceptors (Lipinski definition) is 4. The summed E-state index contributed by atoms with van der Waals surface area (Å²) in [4.78, 5) is 16.8. The lowest BCUT2D eigenvalue weighted by atomic mass is 10.1. The Morgan fingerprint density at radius 3 is 2.66 bits per heavy atom. The number of hydrogen-bond donors (Lipinski definition) is 1. The van der Waals surface area contributed by atoms with Crippen molar-refractivity contribution in [1.82, 2.24) is 14.8 Å². The summed E-state index contributed by atoms with van der Waals surface area (Å²) in [6.45, 7) is 1.07. The van der Waals surface area contributed by atoms with Crippen LogP contribution in [0.5, 0.6) is 0 Å². The number of amides is 1. The molecule has 0 fully saturated rings. The number of nitrogens with one attached hydrogen (secondary N) is 1. The van der Waals surface area contributed by atoms with Gasteiger partial charge in [-0.15, -0.1) is 0 Å². The first-order chi connectivity index (χ1) is 15.7. The van der Waals surface area contributed by atoms with Gasteiger partial charge in [0.2, 0.25) is 5.91 Å². The van der Waals surface area contributed by atoms with Gasteiger partial charge in [-0.25, -0.2) is 0 Å². The number of nitrogens with zero attached hydrogens (tertiary/aromatic N) is 3. The maximum absolute atomic E-state index is 12.6. The van der Waals surface area contributed by atoms with E-state index in [2.05, 4.69) is 22.4 Å². The standard InChI is InChI=1S/C26H24N4O2/c1-32-19-23-10-5-6-12-24(23)28-25(31)14-13-22-18-30(17-20-8-3-2-4-9-20)29-26(22)21-11-7-15-27-16-21/h2-16,18H,17,19H2,1H3,(H,28,31)/b14-13+. The second-order valence-electron chi connectivity index (χ2n) is 7.27. The Bertz CT molecular complexity index is 1200. The van der Waals surface area contributed by atoms with Gasteiger partial charge in [0.15, 0.2) is 0 Å². The van der Waals surface area contributed by atoms with E-state index in [4.69, 9.17) is 9.84 Å². The number of carbonyl (C=O) groups is 1. The summed E-state index contributed by atoms with van der Waals surface area (Å²) in [7, 11) is 1.63. The quantitative estimate of drug-likeness (QED) is 0.413. The highest BCUT2D eigenvalue weighted by Gasteiger charge is 2.11. The van der Waals surface area contributed by atoms with Crippen molar-refractivity contribution in [3.8, 4) is 11.3 Å². The minimum atomic E-state index is -0.221. The molecule has 2 aromatic heterocycles. The Morgan fingerprint density at radius 2 is 1.88 bits per heavy atom. The third-order valence-corrected chi connectivity index (χ3v) is 4.90. The zero-order valence-electron chi connectivity index (χ0n) is 17.8. The molecule has 6 nitrogen and oxygen atoms in total. The second kappa shape index (κ2) is 10.3. The topological polar surface area (TPSA) is 69.0 Å². The fourth-order valence-electron chi connectivity index (χ4n) is 3.40. The molecular weight excluding hydrogens is 400 g/mol. The minimum absolute atomic E-state index is 0.221. The number of aromatic nitrogens is 3. The lowest BCUT2D eigenvalue weighted by Crippen LogP contribution is -2.10. The number of methoxy groups -OCH3 is 1. The van der Waals surface area contributed by atoms with Crippen molar-refractivity contribution >= 4 is 17.7 Å². The van der Waals surface area contributed by atoms with E-state index in [1.54, 1.807) is 25.6 Å². The third kappa shape index (κ3) is 5.36. The van der Waals surface area contributed by atoms with Gasteiger partial charge in [-0.1, -0.05) is 48.5 Å². The van der Waals surface area contributed by atoms with Gasteiger partial charge in [-0.3, -0.25) is 14.5 Å². The predicted octanol–water partition coefficient (Wildman–Crippen LogP) is 4.79. The number of para-hydroxylation sites is 1. The molecule has 4 rings (SSSR count). The molecular formula is C26H24N4O2. The van der Waals surface area contributed by atoms with Gasteiger partial charge >= 0.3 is 0 Å². The number of rotatable bonds is 8. The third-order valence-electron chi connectivity index (χ3n) is 4.90. The molecule has 0 atom stereocenters. The van der Waals surface area contributed by atoms with E-state index in [0.29, 0.717) is 13.2 Å². The summed E-state index contributed by atoms with van der Waals surface area (Å²) in [6, 6.07) is 21.5. The van der Waals surface area contributed by atoms with Crippen molar-refractivity contribution < 1.29 is 9.53 Å². The van der Waals surface area contributed by atoms with Gasteiger partial charge < -0.3 is 10.1 Å². The van der Waals surface area contributed by atoms with E-state index in [0.717, 1.165) is 33.6 Å². The van der Waals surface area contributed by atoms with Gasteiger partial charge in [-0.05, 0) is 29.8 Å². The van der Waals surface area contributed by atoms with E-state index < -0.39 is 0 Å². The number of carbonyl (C=O) groups excluding carboxylic acids is 1. The molecule has 0 radical (unpaired) electrons. The van der Waals surface area contributed by atoms with Crippen molar-refractivity contribution in [3.05, 3.63) is 108 Å². The summed E-state index contributed by atoms with van der Waals surface area (Å²) in [5.74, 6) is -0.221. The van der Waals surface area contributed by atoms with Crippen molar-refractivity contribution in [2.24, 2.45) is 0 Å². The molecule has 2 aromatic carbocycles. The van der Waals surface area contributed by atoms with E-state index in [-0.39, 0.29) is 5.91 Å². The molecule has 160 valence electrons. The molecule has 4 aromatic rings. The summed E-state index contributed by atoms with van der Waals surface area (Å²) < 4.78 is 7.09. The largest absolute Gasteiger partial charge is 0.380 e. The molecule has 0 bridgehead atoms. The first kappa shape index (κ1) is 21.2. The fraction of sp³-hybridized carbons (Fsp3) is 0.115. The zero-order chi connectivity index (χ0) is 22.2. The molecule has 0 aliphatic heterocycles. The van der Waals surface area contributed by atoms with Crippen LogP contribution in [0.1, 0.15) is 16.7 Å². The Hall–Kier alpha value is -4.03. The summed E-state index contributed by atoms with van der Waals surface area (Å²) in [5, 5.41) is 7.68. The average Bonchev–Trinajstić information content (AvgIpc) is 3.23. The van der Waals surface area contributed by atoms with Crippen molar-refractivity contribution in [1.29, 1.82) is 0 Å². The molecule has 0 saturated heterocycles. The maximum Gasteiger partial charge on any atom is 0.248 e. The van der Waals surface area contributed by atoms with Crippen LogP contribution in [-0.4, -0.2) is 27.8 Å². The molecule has 0 aliphatic carbocycles. The summed E-state index contributed by atoms with van der Waals surface area (Å²) in [6.07, 6.45) is 8.74. The molecule has 0 aliphatic rings. The predicted molar refractivity (Wildman–Crippen MR) is 126 cm³/mol. The van der Waals surface area contributed by atoms with E-state index in [9.17, 15) is 4.79 Å². The molecule has 32 heavy (non-hydrogen) atoms. The van der Waals surface area contributed by atoms with E-state index in [1.807, 2.05) is 65.5 Å². The Morgan fingerprint density at radius 1 is 1.06 bits per heavy atom. The molecule has 0 saturated carbocycles. The highest BCUT2D eigenvalue weighted by atomic mass is 16.5. The van der Waals surface area contributed by atoms with Crippen LogP contribution >= 0.6 is 0 Å². The Balaban J connectivity index is 1.58. The van der Waals surface area contributed by atoms with Crippen LogP contribution in [0.4, 0.5) is 5.69 Å². The van der Waals surface area contributed by atoms with E-state index in [1.165, 1.54) is 6.08 Å². The van der Waals surface area contributed by atoms with Crippen LogP contribution in [0.3, 0.4) is 0 Å². The minimum Gasteiger partial charge on any atom is -0.380 e. The number of anilines is 1. The van der Waals surface area contributed by atoms with Crippen LogP contribution in [-0.2, 0) is 22.7 Å². The SMILES string of the molecule is COCc1ccccc1NC(=O)/C=C/c1cn(Cc2ccccc2)nc1-c1cccnc1. The van der Waals surface area contributed by atoms with Crippen molar-refractivity contribution in [3.63, 3.8) is 0 Å². The number of pyridine rings is 1. The normalized spacial score (nSPS) is 11.0. The van der Waals surface area contributed by atoms with Gasteiger partial charge in [0, 0.05) is 54.2 Å². The first-order valence-electron chi connectivity index (χ1n) is 10.3. The molecule has 6 heteroatoms. The highest BCUT2D eigenvalue weighted by Crippen LogP contribution is 2.23. The number of ether oxygens (including phenoxy) is 1. The Kier molecular flexibility index (Phi) is 6.84. The second-order valence-corrected chi connectivity index (χ2v) is 7.27. The molecule has 0 unspecified atom stereocenters. The van der Waals surface area contributed by atoms with Crippen LogP contribution in [0.15, 0.2) is 91.4 Å². The molecule has 1 amide bonds. The van der Waals surface area contributed by atoms with Crippen molar-refractivity contribution in [2.75, 3.05) is 12.4 Å². The lowest BCUT2D eigenvalue weighted by Gasteiger charge is -2.08. The van der Waals surface area contributed by atoms with Crippen molar-refractivity contribution in [2.45, 2.75) is 13.2 Å². The maximum atomic E-state index is 12.6. The van der Waals surface area contributed by atoms with E-state index >= 15 is 0 Å². The Labute approximate surface area is 187 Å². The van der Waals surface area contributed by atoms with Gasteiger partial charge in [0.1, 0.15) is 5.69 Å². The first-order valence-corrected chi connectivity index (χ1v) is 10.3. The van der Waals surface area contributed by atoms with Gasteiger partial charge in [0.05, 0.1) is 13.2 Å². The number of benzene rings is 2. The van der Waals surface area contributed by atoms with Crippen LogP contribution in [0.2, 0.25) is 0 Å². The lowest BCUT2D eigenvalue weighted by molar-refractivity contribution is -0.111.